The van der Waals surface area contributed by atoms with Crippen LogP contribution in [0.2, 0.25) is 0 Å². The maximum atomic E-state index is 14.5. The molecule has 1 aliphatic carbocycles. The molecule has 0 aromatic heterocycles. The second-order valence-corrected chi connectivity index (χ2v) is 6.10. The van der Waals surface area contributed by atoms with Crippen LogP contribution in [0.25, 0.3) is 11.1 Å². The fourth-order valence-electron chi connectivity index (χ4n) is 3.32. The highest BCUT2D eigenvalue weighted by Gasteiger charge is 2.18. The zero-order valence-corrected chi connectivity index (χ0v) is 13.1. The number of ether oxygens (including phenoxy) is 1. The van der Waals surface area contributed by atoms with Gasteiger partial charge in [-0.1, -0.05) is 37.5 Å². The molecule has 0 spiro atoms. The molecule has 1 nitrogen and oxygen atoms in total. The lowest BCUT2D eigenvalue weighted by Crippen LogP contribution is -2.05. The molecule has 0 saturated heterocycles. The van der Waals surface area contributed by atoms with Gasteiger partial charge in [0.2, 0.25) is 0 Å². The highest BCUT2D eigenvalue weighted by molar-refractivity contribution is 5.65. The minimum absolute atomic E-state index is 0.247. The molecule has 0 heterocycles. The summed E-state index contributed by atoms with van der Waals surface area (Å²) < 4.78 is 56.7. The summed E-state index contributed by atoms with van der Waals surface area (Å²) >= 11 is 0. The average molecular weight is 338 g/mol. The van der Waals surface area contributed by atoms with Gasteiger partial charge in [0.15, 0.2) is 11.6 Å². The van der Waals surface area contributed by atoms with Crippen LogP contribution in [0.15, 0.2) is 36.4 Å². The van der Waals surface area contributed by atoms with Crippen LogP contribution in [0.5, 0.6) is 5.75 Å². The van der Waals surface area contributed by atoms with E-state index < -0.39 is 24.0 Å². The first kappa shape index (κ1) is 16.8. The third-order valence-electron chi connectivity index (χ3n) is 4.53. The molecule has 128 valence electrons. The third kappa shape index (κ3) is 3.71. The Kier molecular flexibility index (Phi) is 5.07. The van der Waals surface area contributed by atoms with E-state index in [4.69, 9.17) is 0 Å². The monoisotopic (exact) mass is 338 g/mol. The standard InChI is InChI=1S/C19H18F4O/c20-16-10-13(12-4-2-1-3-5-12)6-8-15(16)14-7-9-18(17(21)11-14)24-19(22)23/h6-12,19H,1-5H2. The van der Waals surface area contributed by atoms with E-state index in [9.17, 15) is 17.6 Å². The van der Waals surface area contributed by atoms with Crippen LogP contribution in [0.1, 0.15) is 43.6 Å². The first-order chi connectivity index (χ1) is 11.5. The lowest BCUT2D eigenvalue weighted by Gasteiger charge is -2.22. The Bertz CT molecular complexity index is 709. The third-order valence-corrected chi connectivity index (χ3v) is 4.53. The predicted octanol–water partition coefficient (Wildman–Crippen LogP) is 6.28. The smallest absolute Gasteiger partial charge is 0.387 e. The van der Waals surface area contributed by atoms with Crippen molar-refractivity contribution in [3.8, 4) is 16.9 Å². The Morgan fingerprint density at radius 2 is 1.62 bits per heavy atom. The fourth-order valence-corrected chi connectivity index (χ4v) is 3.32. The van der Waals surface area contributed by atoms with Gasteiger partial charge in [-0.25, -0.2) is 8.78 Å². The van der Waals surface area contributed by atoms with E-state index in [0.29, 0.717) is 11.5 Å². The van der Waals surface area contributed by atoms with Crippen LogP contribution < -0.4 is 4.74 Å². The lowest BCUT2D eigenvalue weighted by atomic mass is 9.83. The molecule has 24 heavy (non-hydrogen) atoms. The first-order valence-electron chi connectivity index (χ1n) is 8.09. The van der Waals surface area contributed by atoms with Crippen molar-refractivity contribution in [3.05, 3.63) is 53.6 Å². The summed E-state index contributed by atoms with van der Waals surface area (Å²) in [5, 5.41) is 0. The van der Waals surface area contributed by atoms with Gasteiger partial charge in [-0.2, -0.15) is 8.78 Å². The summed E-state index contributed by atoms with van der Waals surface area (Å²) in [4.78, 5) is 0. The zero-order valence-electron chi connectivity index (χ0n) is 13.1. The van der Waals surface area contributed by atoms with Crippen LogP contribution in [0.3, 0.4) is 0 Å². The largest absolute Gasteiger partial charge is 0.432 e. The molecule has 0 N–H and O–H groups in total. The Morgan fingerprint density at radius 1 is 0.875 bits per heavy atom. The number of hydrogen-bond donors (Lipinski definition) is 0. The van der Waals surface area contributed by atoms with Crippen molar-refractivity contribution in [3.63, 3.8) is 0 Å². The molecule has 2 aromatic carbocycles. The molecule has 1 aliphatic rings. The Morgan fingerprint density at radius 3 is 2.25 bits per heavy atom. The lowest BCUT2D eigenvalue weighted by molar-refractivity contribution is -0.0521. The van der Waals surface area contributed by atoms with Gasteiger partial charge in [-0.05, 0) is 48.1 Å². The molecule has 3 rings (SSSR count). The maximum Gasteiger partial charge on any atom is 0.387 e. The molecular weight excluding hydrogens is 320 g/mol. The van der Waals surface area contributed by atoms with Gasteiger partial charge in [0.1, 0.15) is 5.82 Å². The van der Waals surface area contributed by atoms with Gasteiger partial charge < -0.3 is 4.74 Å². The number of hydrogen-bond acceptors (Lipinski definition) is 1. The van der Waals surface area contributed by atoms with Gasteiger partial charge in [-0.15, -0.1) is 0 Å². The molecule has 1 fully saturated rings. The molecular formula is C19H18F4O. The van der Waals surface area contributed by atoms with Crippen LogP contribution in [0, 0.1) is 11.6 Å². The summed E-state index contributed by atoms with van der Waals surface area (Å²) in [5.41, 5.74) is 1.51. The van der Waals surface area contributed by atoms with Crippen LogP contribution in [-0.4, -0.2) is 6.61 Å². The molecule has 2 aromatic rings. The second kappa shape index (κ2) is 7.24. The van der Waals surface area contributed by atoms with Gasteiger partial charge >= 0.3 is 6.61 Å². The molecule has 0 aliphatic heterocycles. The van der Waals surface area contributed by atoms with Crippen LogP contribution in [-0.2, 0) is 0 Å². The van der Waals surface area contributed by atoms with E-state index in [2.05, 4.69) is 4.74 Å². The van der Waals surface area contributed by atoms with Crippen molar-refractivity contribution in [2.24, 2.45) is 0 Å². The van der Waals surface area contributed by atoms with Crippen LogP contribution >= 0.6 is 0 Å². The van der Waals surface area contributed by atoms with E-state index in [1.165, 1.54) is 18.6 Å². The first-order valence-corrected chi connectivity index (χ1v) is 8.09. The molecule has 5 heteroatoms. The van der Waals surface area contributed by atoms with E-state index in [1.807, 2.05) is 6.07 Å². The molecule has 0 bridgehead atoms. The Labute approximate surface area is 138 Å². The van der Waals surface area contributed by atoms with Crippen molar-refractivity contribution in [2.75, 3.05) is 0 Å². The van der Waals surface area contributed by atoms with Gasteiger partial charge in [-0.3, -0.25) is 0 Å². The maximum absolute atomic E-state index is 14.5. The minimum Gasteiger partial charge on any atom is -0.432 e. The summed E-state index contributed by atoms with van der Waals surface area (Å²) in [5.74, 6) is -1.54. The van der Waals surface area contributed by atoms with Crippen molar-refractivity contribution in [1.82, 2.24) is 0 Å². The topological polar surface area (TPSA) is 9.23 Å². The summed E-state index contributed by atoms with van der Waals surface area (Å²) in [7, 11) is 0. The average Bonchev–Trinajstić information content (AvgIpc) is 2.57. The molecule has 0 unspecified atom stereocenters. The van der Waals surface area contributed by atoms with Gasteiger partial charge in [0.05, 0.1) is 0 Å². The Balaban J connectivity index is 1.85. The van der Waals surface area contributed by atoms with E-state index in [1.54, 1.807) is 6.07 Å². The molecule has 0 amide bonds. The zero-order chi connectivity index (χ0) is 17.1. The highest BCUT2D eigenvalue weighted by atomic mass is 19.3. The van der Waals surface area contributed by atoms with Crippen molar-refractivity contribution < 1.29 is 22.3 Å². The van der Waals surface area contributed by atoms with Crippen molar-refractivity contribution >= 4 is 0 Å². The minimum atomic E-state index is -3.10. The normalized spacial score (nSPS) is 15.7. The number of halogens is 4. The van der Waals surface area contributed by atoms with Crippen molar-refractivity contribution in [1.29, 1.82) is 0 Å². The number of benzene rings is 2. The highest BCUT2D eigenvalue weighted by Crippen LogP contribution is 2.35. The van der Waals surface area contributed by atoms with Crippen molar-refractivity contribution in [2.45, 2.75) is 44.6 Å². The predicted molar refractivity (Wildman–Crippen MR) is 84.3 cm³/mol. The Hall–Kier alpha value is -2.04. The number of rotatable bonds is 4. The van der Waals surface area contributed by atoms with E-state index in [0.717, 1.165) is 43.4 Å². The van der Waals surface area contributed by atoms with E-state index in [-0.39, 0.29) is 5.56 Å². The summed E-state index contributed by atoms with van der Waals surface area (Å²) in [6, 6.07) is 8.48. The number of alkyl halides is 2. The van der Waals surface area contributed by atoms with Gasteiger partial charge in [0.25, 0.3) is 0 Å². The summed E-state index contributed by atoms with van der Waals surface area (Å²) in [6.45, 7) is -3.10. The fraction of sp³-hybridized carbons (Fsp3) is 0.368. The van der Waals surface area contributed by atoms with Gasteiger partial charge in [0, 0.05) is 5.56 Å². The van der Waals surface area contributed by atoms with Crippen LogP contribution in [0.4, 0.5) is 17.6 Å². The quantitative estimate of drug-likeness (QED) is 0.596. The molecule has 0 atom stereocenters. The SMILES string of the molecule is Fc1cc(-c2ccc(C3CCCCC3)cc2F)ccc1OC(F)F. The van der Waals surface area contributed by atoms with E-state index >= 15 is 0 Å². The second-order valence-electron chi connectivity index (χ2n) is 6.10. The molecule has 0 radical (unpaired) electrons. The molecule has 1 saturated carbocycles. The summed E-state index contributed by atoms with van der Waals surface area (Å²) in [6.07, 6.45) is 5.67.